The van der Waals surface area contributed by atoms with Crippen LogP contribution in [0.15, 0.2) is 48.5 Å². The number of carbonyl (C=O) groups is 2. The molecule has 0 fully saturated rings. The maximum atomic E-state index is 13.3. The first-order valence-corrected chi connectivity index (χ1v) is 11.4. The van der Waals surface area contributed by atoms with Gasteiger partial charge in [0.1, 0.15) is 11.9 Å². The third-order valence-corrected chi connectivity index (χ3v) is 6.15. The van der Waals surface area contributed by atoms with E-state index in [9.17, 15) is 14.0 Å². The zero-order chi connectivity index (χ0) is 22.1. The molecule has 0 unspecified atom stereocenters. The van der Waals surface area contributed by atoms with Gasteiger partial charge in [0.2, 0.25) is 11.8 Å². The number of halogens is 1. The average molecular weight is 431 g/mol. The van der Waals surface area contributed by atoms with Gasteiger partial charge in [0.25, 0.3) is 0 Å². The predicted octanol–water partition coefficient (Wildman–Crippen LogP) is 4.70. The summed E-state index contributed by atoms with van der Waals surface area (Å²) in [4.78, 5) is 27.3. The normalized spacial score (nSPS) is 12.8. The molecule has 0 heterocycles. The van der Waals surface area contributed by atoms with Crippen LogP contribution in [-0.4, -0.2) is 34.6 Å². The summed E-state index contributed by atoms with van der Waals surface area (Å²) in [6, 6.07) is 13.6. The van der Waals surface area contributed by atoms with E-state index in [1.54, 1.807) is 24.0 Å². The van der Waals surface area contributed by atoms with Crippen LogP contribution in [0.1, 0.15) is 43.9 Å². The van der Waals surface area contributed by atoms with Crippen molar-refractivity contribution in [3.8, 4) is 0 Å². The summed E-state index contributed by atoms with van der Waals surface area (Å²) in [6.45, 7) is 8.00. The van der Waals surface area contributed by atoms with Crippen molar-refractivity contribution in [3.63, 3.8) is 0 Å². The number of hydrogen-bond donors (Lipinski definition) is 1. The van der Waals surface area contributed by atoms with Crippen molar-refractivity contribution in [1.29, 1.82) is 0 Å². The van der Waals surface area contributed by atoms with Gasteiger partial charge < -0.3 is 10.2 Å². The van der Waals surface area contributed by atoms with Crippen LogP contribution in [0.3, 0.4) is 0 Å². The number of amides is 2. The quantitative estimate of drug-likeness (QED) is 0.594. The Hall–Kier alpha value is -2.34. The number of carbonyl (C=O) groups excluding carboxylic acids is 2. The SMILES string of the molecule is CC[C@@H](C)NC(=O)[C@H](C)N(Cc1ccc(F)cc1)C(=O)CSCc1ccccc1C. The van der Waals surface area contributed by atoms with Crippen molar-refractivity contribution in [3.05, 3.63) is 71.0 Å². The standard InChI is InChI=1S/C24H31FN2O2S/c1-5-18(3)26-24(29)19(4)27(14-20-10-12-22(25)13-11-20)23(28)16-30-15-21-9-7-6-8-17(21)2/h6-13,18-19H,5,14-16H2,1-4H3,(H,26,29)/t18-,19+/m1/s1. The van der Waals surface area contributed by atoms with E-state index in [0.717, 1.165) is 17.7 Å². The molecule has 0 spiro atoms. The van der Waals surface area contributed by atoms with Gasteiger partial charge in [0.15, 0.2) is 0 Å². The topological polar surface area (TPSA) is 49.4 Å². The zero-order valence-corrected chi connectivity index (χ0v) is 19.0. The van der Waals surface area contributed by atoms with E-state index in [4.69, 9.17) is 0 Å². The van der Waals surface area contributed by atoms with Gasteiger partial charge in [0, 0.05) is 18.3 Å². The first-order valence-electron chi connectivity index (χ1n) is 10.3. The van der Waals surface area contributed by atoms with Gasteiger partial charge in [-0.15, -0.1) is 11.8 Å². The monoisotopic (exact) mass is 430 g/mol. The Balaban J connectivity index is 2.08. The lowest BCUT2D eigenvalue weighted by molar-refractivity contribution is -0.138. The minimum atomic E-state index is -0.615. The third-order valence-electron chi connectivity index (χ3n) is 5.18. The summed E-state index contributed by atoms with van der Waals surface area (Å²) in [5, 5.41) is 2.95. The van der Waals surface area contributed by atoms with E-state index in [1.165, 1.54) is 35.0 Å². The Morgan fingerprint density at radius 1 is 1.10 bits per heavy atom. The first-order chi connectivity index (χ1) is 14.3. The summed E-state index contributed by atoms with van der Waals surface area (Å²) < 4.78 is 13.3. The lowest BCUT2D eigenvalue weighted by atomic mass is 10.1. The Bertz CT molecular complexity index is 841. The minimum absolute atomic E-state index is 0.0400. The van der Waals surface area contributed by atoms with Crippen LogP contribution >= 0.6 is 11.8 Å². The molecule has 2 amide bonds. The van der Waals surface area contributed by atoms with Crippen LogP contribution < -0.4 is 5.32 Å². The van der Waals surface area contributed by atoms with E-state index in [-0.39, 0.29) is 36.0 Å². The average Bonchev–Trinajstić information content (AvgIpc) is 2.73. The van der Waals surface area contributed by atoms with Crippen molar-refractivity contribution in [2.75, 3.05) is 5.75 Å². The number of aryl methyl sites for hydroxylation is 1. The number of nitrogens with zero attached hydrogens (tertiary/aromatic N) is 1. The van der Waals surface area contributed by atoms with Gasteiger partial charge in [0.05, 0.1) is 5.75 Å². The molecule has 2 aromatic carbocycles. The predicted molar refractivity (Wildman–Crippen MR) is 122 cm³/mol. The van der Waals surface area contributed by atoms with Gasteiger partial charge in [-0.05, 0) is 56.0 Å². The van der Waals surface area contributed by atoms with Crippen molar-refractivity contribution in [2.24, 2.45) is 0 Å². The van der Waals surface area contributed by atoms with Gasteiger partial charge in [-0.25, -0.2) is 4.39 Å². The molecule has 6 heteroatoms. The molecule has 2 atom stereocenters. The molecule has 2 aromatic rings. The van der Waals surface area contributed by atoms with Crippen LogP contribution in [0, 0.1) is 12.7 Å². The Morgan fingerprint density at radius 2 is 1.77 bits per heavy atom. The lowest BCUT2D eigenvalue weighted by Gasteiger charge is -2.29. The fourth-order valence-corrected chi connectivity index (χ4v) is 3.92. The van der Waals surface area contributed by atoms with Crippen molar-refractivity contribution in [2.45, 2.75) is 58.5 Å². The highest BCUT2D eigenvalue weighted by atomic mass is 32.2. The van der Waals surface area contributed by atoms with Crippen LogP contribution in [0.2, 0.25) is 0 Å². The molecular formula is C24H31FN2O2S. The summed E-state index contributed by atoms with van der Waals surface area (Å²) in [6.07, 6.45) is 0.816. The number of nitrogens with one attached hydrogen (secondary N) is 1. The van der Waals surface area contributed by atoms with Gasteiger partial charge in [-0.1, -0.05) is 43.3 Å². The molecule has 0 saturated heterocycles. The van der Waals surface area contributed by atoms with Gasteiger partial charge in [-0.2, -0.15) is 0 Å². The van der Waals surface area contributed by atoms with E-state index >= 15 is 0 Å². The highest BCUT2D eigenvalue weighted by Gasteiger charge is 2.26. The van der Waals surface area contributed by atoms with Crippen LogP contribution in [0.25, 0.3) is 0 Å². The van der Waals surface area contributed by atoms with Crippen LogP contribution in [-0.2, 0) is 21.9 Å². The molecule has 0 aromatic heterocycles. The largest absolute Gasteiger partial charge is 0.352 e. The molecule has 0 aliphatic rings. The molecule has 30 heavy (non-hydrogen) atoms. The van der Waals surface area contributed by atoms with Crippen molar-refractivity contribution < 1.29 is 14.0 Å². The minimum Gasteiger partial charge on any atom is -0.352 e. The van der Waals surface area contributed by atoms with E-state index in [2.05, 4.69) is 24.4 Å². The first kappa shape index (κ1) is 23.9. The Morgan fingerprint density at radius 3 is 2.40 bits per heavy atom. The number of rotatable bonds is 10. The Kier molecular flexibility index (Phi) is 9.37. The molecule has 1 N–H and O–H groups in total. The molecular weight excluding hydrogens is 399 g/mol. The second-order valence-corrected chi connectivity index (χ2v) is 8.55. The zero-order valence-electron chi connectivity index (χ0n) is 18.2. The summed E-state index contributed by atoms with van der Waals surface area (Å²) in [5.74, 6) is 0.397. The maximum Gasteiger partial charge on any atom is 0.242 e. The highest BCUT2D eigenvalue weighted by Crippen LogP contribution is 2.18. The van der Waals surface area contributed by atoms with Crippen LogP contribution in [0.5, 0.6) is 0 Å². The van der Waals surface area contributed by atoms with Crippen molar-refractivity contribution in [1.82, 2.24) is 10.2 Å². The molecule has 0 aliphatic heterocycles. The fourth-order valence-electron chi connectivity index (χ4n) is 2.94. The molecule has 0 bridgehead atoms. The van der Waals surface area contributed by atoms with Crippen molar-refractivity contribution >= 4 is 23.6 Å². The second kappa shape index (κ2) is 11.7. The molecule has 0 aliphatic carbocycles. The van der Waals surface area contributed by atoms with E-state index in [1.807, 2.05) is 26.0 Å². The maximum absolute atomic E-state index is 13.3. The van der Waals surface area contributed by atoms with Gasteiger partial charge in [-0.3, -0.25) is 9.59 Å². The summed E-state index contributed by atoms with van der Waals surface area (Å²) in [7, 11) is 0. The highest BCUT2D eigenvalue weighted by molar-refractivity contribution is 7.99. The number of thioether (sulfide) groups is 1. The molecule has 0 radical (unpaired) electrons. The molecule has 2 rings (SSSR count). The van der Waals surface area contributed by atoms with Crippen LogP contribution in [0.4, 0.5) is 4.39 Å². The summed E-state index contributed by atoms with van der Waals surface area (Å²) >= 11 is 1.53. The number of hydrogen-bond acceptors (Lipinski definition) is 3. The van der Waals surface area contributed by atoms with E-state index in [0.29, 0.717) is 0 Å². The Labute approximate surface area is 183 Å². The van der Waals surface area contributed by atoms with E-state index < -0.39 is 6.04 Å². The smallest absolute Gasteiger partial charge is 0.242 e. The lowest BCUT2D eigenvalue weighted by Crippen LogP contribution is -2.50. The number of benzene rings is 2. The van der Waals surface area contributed by atoms with Gasteiger partial charge >= 0.3 is 0 Å². The molecule has 4 nitrogen and oxygen atoms in total. The third kappa shape index (κ3) is 7.17. The fraction of sp³-hybridized carbons (Fsp3) is 0.417. The second-order valence-electron chi connectivity index (χ2n) is 7.56. The summed E-state index contributed by atoms with van der Waals surface area (Å²) in [5.41, 5.74) is 3.18. The molecule has 162 valence electrons. The molecule has 0 saturated carbocycles.